The quantitative estimate of drug-likeness (QED) is 0.710. The molecule has 0 N–H and O–H groups in total. The van der Waals surface area contributed by atoms with Crippen LogP contribution < -0.4 is 0 Å². The van der Waals surface area contributed by atoms with Crippen LogP contribution in [0.15, 0.2) is 30.3 Å². The molecule has 0 saturated carbocycles. The second kappa shape index (κ2) is 6.22. The predicted octanol–water partition coefficient (Wildman–Crippen LogP) is 4.22. The molecule has 0 heterocycles. The fourth-order valence-corrected chi connectivity index (χ4v) is 1.54. The Hall–Kier alpha value is -0.270. The van der Waals surface area contributed by atoms with Crippen molar-refractivity contribution in [3.8, 4) is 0 Å². The number of hydrogen-bond donors (Lipinski definition) is 0. The first-order valence-electron chi connectivity index (χ1n) is 4.24. The highest BCUT2D eigenvalue weighted by Crippen LogP contribution is 2.10. The molecule has 0 atom stereocenters. The minimum Gasteiger partial charge on any atom is -0.126 e. The van der Waals surface area contributed by atoms with Crippen molar-refractivity contribution < 1.29 is 0 Å². The molecule has 0 saturated heterocycles. The Balaban J connectivity index is 2.66. The average molecular weight is 260 g/mol. The number of hydrogen-bond acceptors (Lipinski definition) is 0. The third kappa shape index (κ3) is 3.97. The van der Waals surface area contributed by atoms with E-state index >= 15 is 0 Å². The second-order valence-electron chi connectivity index (χ2n) is 2.76. The first-order chi connectivity index (χ1) is 6.36. The number of rotatable bonds is 4. The highest BCUT2D eigenvalue weighted by molar-refractivity contribution is 9.08. The molecule has 1 aromatic rings. The summed E-state index contributed by atoms with van der Waals surface area (Å²) in [5.74, 6) is 0.689. The highest BCUT2D eigenvalue weighted by Gasteiger charge is 1.90. The van der Waals surface area contributed by atoms with Crippen molar-refractivity contribution in [2.24, 2.45) is 0 Å². The minimum absolute atomic E-state index is 0.689. The van der Waals surface area contributed by atoms with Crippen LogP contribution in [-0.4, -0.2) is 5.88 Å². The lowest BCUT2D eigenvalue weighted by atomic mass is 10.1. The molecule has 1 rings (SSSR count). The van der Waals surface area contributed by atoms with Crippen LogP contribution in [0.5, 0.6) is 0 Å². The Morgan fingerprint density at radius 1 is 1.38 bits per heavy atom. The second-order valence-corrected chi connectivity index (χ2v) is 3.70. The molecule has 0 aromatic heterocycles. The van der Waals surface area contributed by atoms with Crippen LogP contribution >= 0.6 is 27.5 Å². The van der Waals surface area contributed by atoms with Crippen LogP contribution in [0.1, 0.15) is 17.5 Å². The molecular formula is C11H12BrCl. The lowest BCUT2D eigenvalue weighted by Gasteiger charge is -1.96. The molecule has 0 aliphatic heterocycles. The minimum atomic E-state index is 0.689. The zero-order valence-corrected chi connectivity index (χ0v) is 9.68. The fourth-order valence-electron chi connectivity index (χ4n) is 1.06. The maximum atomic E-state index is 5.57. The third-order valence-electron chi connectivity index (χ3n) is 1.69. The Labute approximate surface area is 92.7 Å². The van der Waals surface area contributed by atoms with Gasteiger partial charge in [-0.3, -0.25) is 0 Å². The van der Waals surface area contributed by atoms with Crippen molar-refractivity contribution in [3.63, 3.8) is 0 Å². The van der Waals surface area contributed by atoms with Gasteiger partial charge in [0.2, 0.25) is 0 Å². The lowest BCUT2D eigenvalue weighted by Crippen LogP contribution is -1.78. The van der Waals surface area contributed by atoms with Gasteiger partial charge in [-0.05, 0) is 17.5 Å². The Kier molecular flexibility index (Phi) is 5.18. The van der Waals surface area contributed by atoms with Crippen LogP contribution in [0, 0.1) is 0 Å². The molecule has 0 unspecified atom stereocenters. The molecular weight excluding hydrogens is 247 g/mol. The monoisotopic (exact) mass is 258 g/mol. The van der Waals surface area contributed by atoms with E-state index in [0.717, 1.165) is 11.8 Å². The Morgan fingerprint density at radius 3 is 2.92 bits per heavy atom. The van der Waals surface area contributed by atoms with E-state index in [2.05, 4.69) is 52.3 Å². The molecule has 0 aliphatic rings. The third-order valence-corrected chi connectivity index (χ3v) is 2.56. The van der Waals surface area contributed by atoms with Crippen molar-refractivity contribution in [1.82, 2.24) is 0 Å². The molecule has 0 nitrogen and oxygen atoms in total. The van der Waals surface area contributed by atoms with Crippen LogP contribution in [0.2, 0.25) is 0 Å². The Morgan fingerprint density at radius 2 is 2.23 bits per heavy atom. The normalized spacial score (nSPS) is 10.9. The van der Waals surface area contributed by atoms with Gasteiger partial charge in [0.15, 0.2) is 0 Å². The van der Waals surface area contributed by atoms with Gasteiger partial charge in [-0.25, -0.2) is 0 Å². The van der Waals surface area contributed by atoms with Crippen molar-refractivity contribution in [2.45, 2.75) is 11.8 Å². The van der Waals surface area contributed by atoms with Gasteiger partial charge < -0.3 is 0 Å². The van der Waals surface area contributed by atoms with E-state index in [1.807, 2.05) is 0 Å². The van der Waals surface area contributed by atoms with Gasteiger partial charge in [-0.1, -0.05) is 52.3 Å². The molecule has 13 heavy (non-hydrogen) atoms. The van der Waals surface area contributed by atoms with E-state index in [0.29, 0.717) is 5.88 Å². The summed E-state index contributed by atoms with van der Waals surface area (Å²) in [6, 6.07) is 8.43. The van der Waals surface area contributed by atoms with Crippen LogP contribution in [-0.2, 0) is 5.33 Å². The Bertz CT molecular complexity index is 281. The van der Waals surface area contributed by atoms with E-state index in [4.69, 9.17) is 11.6 Å². The standard InChI is InChI=1S/C11H12BrCl/c12-9-11-6-3-5-10(8-11)4-1-2-7-13/h1,3-6,8H,2,7,9H2. The van der Waals surface area contributed by atoms with Crippen molar-refractivity contribution in [3.05, 3.63) is 41.5 Å². The molecule has 0 aliphatic carbocycles. The molecule has 0 fully saturated rings. The van der Waals surface area contributed by atoms with E-state index < -0.39 is 0 Å². The van der Waals surface area contributed by atoms with Gasteiger partial charge in [0.25, 0.3) is 0 Å². The maximum Gasteiger partial charge on any atom is 0.0283 e. The summed E-state index contributed by atoms with van der Waals surface area (Å²) in [6.07, 6.45) is 5.13. The summed E-state index contributed by atoms with van der Waals surface area (Å²) in [6.45, 7) is 0. The number of halogens is 2. The fraction of sp³-hybridized carbons (Fsp3) is 0.273. The van der Waals surface area contributed by atoms with Gasteiger partial charge in [0, 0.05) is 11.2 Å². The average Bonchev–Trinajstić information content (AvgIpc) is 2.19. The van der Waals surface area contributed by atoms with E-state index in [1.165, 1.54) is 11.1 Å². The van der Waals surface area contributed by atoms with E-state index in [1.54, 1.807) is 0 Å². The molecule has 70 valence electrons. The van der Waals surface area contributed by atoms with Crippen molar-refractivity contribution in [2.75, 3.05) is 5.88 Å². The summed E-state index contributed by atoms with van der Waals surface area (Å²) in [7, 11) is 0. The first-order valence-corrected chi connectivity index (χ1v) is 5.90. The molecule has 2 heteroatoms. The van der Waals surface area contributed by atoms with Crippen LogP contribution in [0.4, 0.5) is 0 Å². The topological polar surface area (TPSA) is 0 Å². The van der Waals surface area contributed by atoms with E-state index in [9.17, 15) is 0 Å². The molecule has 1 aromatic carbocycles. The smallest absolute Gasteiger partial charge is 0.0283 e. The van der Waals surface area contributed by atoms with Crippen molar-refractivity contribution >= 4 is 33.6 Å². The zero-order valence-electron chi connectivity index (χ0n) is 7.34. The van der Waals surface area contributed by atoms with Crippen LogP contribution in [0.25, 0.3) is 6.08 Å². The summed E-state index contributed by atoms with van der Waals surface area (Å²) in [5.41, 5.74) is 2.54. The molecule has 0 bridgehead atoms. The maximum absolute atomic E-state index is 5.57. The molecule has 0 radical (unpaired) electrons. The first kappa shape index (κ1) is 10.8. The van der Waals surface area contributed by atoms with Gasteiger partial charge in [-0.2, -0.15) is 0 Å². The van der Waals surface area contributed by atoms with E-state index in [-0.39, 0.29) is 0 Å². The van der Waals surface area contributed by atoms with Crippen LogP contribution in [0.3, 0.4) is 0 Å². The number of benzene rings is 1. The number of alkyl halides is 2. The predicted molar refractivity (Wildman–Crippen MR) is 63.4 cm³/mol. The largest absolute Gasteiger partial charge is 0.126 e. The molecule has 0 spiro atoms. The highest BCUT2D eigenvalue weighted by atomic mass is 79.9. The van der Waals surface area contributed by atoms with Gasteiger partial charge in [0.1, 0.15) is 0 Å². The summed E-state index contributed by atoms with van der Waals surface area (Å²) in [5, 5.41) is 0.907. The molecule has 0 amide bonds. The summed E-state index contributed by atoms with van der Waals surface area (Å²) >= 11 is 9.00. The zero-order chi connectivity index (χ0) is 9.52. The van der Waals surface area contributed by atoms with Crippen molar-refractivity contribution in [1.29, 1.82) is 0 Å². The van der Waals surface area contributed by atoms with Gasteiger partial charge in [-0.15, -0.1) is 11.6 Å². The number of allylic oxidation sites excluding steroid dienone is 1. The van der Waals surface area contributed by atoms with Gasteiger partial charge >= 0.3 is 0 Å². The lowest BCUT2D eigenvalue weighted by molar-refractivity contribution is 1.24. The van der Waals surface area contributed by atoms with Gasteiger partial charge in [0.05, 0.1) is 0 Å². The summed E-state index contributed by atoms with van der Waals surface area (Å²) < 4.78 is 0. The summed E-state index contributed by atoms with van der Waals surface area (Å²) in [4.78, 5) is 0. The SMILES string of the molecule is ClCCC=Cc1cccc(CBr)c1.